The third-order valence-electron chi connectivity index (χ3n) is 4.62. The molecule has 1 aromatic heterocycles. The van der Waals surface area contributed by atoms with Gasteiger partial charge >= 0.3 is 0 Å². The minimum atomic E-state index is -0.193. The van der Waals surface area contributed by atoms with Crippen molar-refractivity contribution in [2.45, 2.75) is 38.8 Å². The van der Waals surface area contributed by atoms with Gasteiger partial charge in [-0.25, -0.2) is 4.39 Å². The summed E-state index contributed by atoms with van der Waals surface area (Å²) in [5.74, 6) is -0.130. The molecule has 0 radical (unpaired) electrons. The summed E-state index contributed by atoms with van der Waals surface area (Å²) in [6.07, 6.45) is 2.96. The molecule has 0 bridgehead atoms. The monoisotopic (exact) mass is 346 g/mol. The predicted molar refractivity (Wildman–Crippen MR) is 95.6 cm³/mol. The van der Waals surface area contributed by atoms with Crippen molar-refractivity contribution in [3.8, 4) is 0 Å². The van der Waals surface area contributed by atoms with Crippen molar-refractivity contribution in [1.82, 2.24) is 10.2 Å². The van der Waals surface area contributed by atoms with Crippen LogP contribution in [0.25, 0.3) is 0 Å². The minimum Gasteiger partial charge on any atom is -0.350 e. The van der Waals surface area contributed by atoms with Crippen LogP contribution in [0, 0.1) is 12.7 Å². The molecule has 1 amide bonds. The Hall–Kier alpha value is -1.72. The van der Waals surface area contributed by atoms with Crippen molar-refractivity contribution in [3.05, 3.63) is 57.5 Å². The van der Waals surface area contributed by atoms with Crippen LogP contribution in [0.5, 0.6) is 0 Å². The van der Waals surface area contributed by atoms with Gasteiger partial charge in [0, 0.05) is 10.9 Å². The average Bonchev–Trinajstić information content (AvgIpc) is 3.15. The highest BCUT2D eigenvalue weighted by atomic mass is 32.1. The Balaban J connectivity index is 1.51. The topological polar surface area (TPSA) is 32.3 Å². The summed E-state index contributed by atoms with van der Waals surface area (Å²) >= 11 is 1.67. The second-order valence-electron chi connectivity index (χ2n) is 6.40. The summed E-state index contributed by atoms with van der Waals surface area (Å²) in [4.78, 5) is 15.7. The van der Waals surface area contributed by atoms with Crippen LogP contribution in [-0.2, 0) is 17.8 Å². The van der Waals surface area contributed by atoms with Gasteiger partial charge in [0.1, 0.15) is 5.82 Å². The highest BCUT2D eigenvalue weighted by molar-refractivity contribution is 7.10. The van der Waals surface area contributed by atoms with E-state index in [1.165, 1.54) is 16.5 Å². The molecule has 2 aromatic rings. The van der Waals surface area contributed by atoms with Gasteiger partial charge in [-0.1, -0.05) is 12.1 Å². The molecule has 128 valence electrons. The standard InChI is InChI=1S/C19H23FN2OS/c1-14-7-9-24-18(14)12-21-19(23)13-22-8-3-6-17(22)11-15-4-2-5-16(20)10-15/h2,4-5,7,9-10,17H,3,6,8,11-13H2,1H3,(H,21,23). The molecule has 0 aliphatic carbocycles. The van der Waals surface area contributed by atoms with Gasteiger partial charge in [0.15, 0.2) is 0 Å². The van der Waals surface area contributed by atoms with Crippen molar-refractivity contribution >= 4 is 17.2 Å². The average molecular weight is 346 g/mol. The highest BCUT2D eigenvalue weighted by Gasteiger charge is 2.26. The third kappa shape index (κ3) is 4.42. The van der Waals surface area contributed by atoms with Gasteiger partial charge < -0.3 is 5.32 Å². The summed E-state index contributed by atoms with van der Waals surface area (Å²) in [6, 6.07) is 9.16. The second-order valence-corrected chi connectivity index (χ2v) is 7.40. The van der Waals surface area contributed by atoms with E-state index in [1.807, 2.05) is 11.4 Å². The molecule has 1 unspecified atom stereocenters. The van der Waals surface area contributed by atoms with Crippen LogP contribution in [0.4, 0.5) is 4.39 Å². The Bertz CT molecular complexity index is 700. The number of rotatable bonds is 6. The maximum Gasteiger partial charge on any atom is 0.234 e. The van der Waals surface area contributed by atoms with Crippen LogP contribution in [0.15, 0.2) is 35.7 Å². The zero-order chi connectivity index (χ0) is 16.9. The van der Waals surface area contributed by atoms with Gasteiger partial charge in [-0.05, 0) is 67.4 Å². The zero-order valence-electron chi connectivity index (χ0n) is 13.9. The molecule has 1 saturated heterocycles. The number of hydrogen-bond acceptors (Lipinski definition) is 3. The normalized spacial score (nSPS) is 18.0. The van der Waals surface area contributed by atoms with Crippen LogP contribution in [0.1, 0.15) is 28.8 Å². The molecule has 2 heterocycles. The number of nitrogens with one attached hydrogen (secondary N) is 1. The van der Waals surface area contributed by atoms with Gasteiger partial charge in [0.05, 0.1) is 13.1 Å². The smallest absolute Gasteiger partial charge is 0.234 e. The summed E-state index contributed by atoms with van der Waals surface area (Å²) in [5.41, 5.74) is 2.23. The van der Waals surface area contributed by atoms with E-state index >= 15 is 0 Å². The molecule has 1 aromatic carbocycles. The lowest BCUT2D eigenvalue weighted by atomic mass is 10.0. The van der Waals surface area contributed by atoms with E-state index in [-0.39, 0.29) is 11.7 Å². The number of aryl methyl sites for hydroxylation is 1. The molecule has 0 spiro atoms. The number of benzene rings is 1. The van der Waals surface area contributed by atoms with E-state index in [0.717, 1.165) is 31.4 Å². The number of thiophene rings is 1. The number of likely N-dealkylation sites (tertiary alicyclic amines) is 1. The van der Waals surface area contributed by atoms with Crippen molar-refractivity contribution in [3.63, 3.8) is 0 Å². The van der Waals surface area contributed by atoms with Gasteiger partial charge in [0.25, 0.3) is 0 Å². The zero-order valence-corrected chi connectivity index (χ0v) is 14.7. The van der Waals surface area contributed by atoms with E-state index < -0.39 is 0 Å². The summed E-state index contributed by atoms with van der Waals surface area (Å²) < 4.78 is 13.3. The Morgan fingerprint density at radius 3 is 3.04 bits per heavy atom. The Kier molecular flexibility index (Phi) is 5.63. The maximum absolute atomic E-state index is 13.3. The van der Waals surface area contributed by atoms with Crippen LogP contribution in [0.2, 0.25) is 0 Å². The molecule has 3 rings (SSSR count). The predicted octanol–water partition coefficient (Wildman–Crippen LogP) is 3.52. The molecule has 1 aliphatic heterocycles. The lowest BCUT2D eigenvalue weighted by molar-refractivity contribution is -0.122. The molecule has 24 heavy (non-hydrogen) atoms. The van der Waals surface area contributed by atoms with Crippen molar-refractivity contribution in [2.75, 3.05) is 13.1 Å². The van der Waals surface area contributed by atoms with Crippen LogP contribution in [-0.4, -0.2) is 29.9 Å². The first-order valence-electron chi connectivity index (χ1n) is 8.40. The first-order valence-corrected chi connectivity index (χ1v) is 9.28. The fourth-order valence-corrected chi connectivity index (χ4v) is 4.12. The quantitative estimate of drug-likeness (QED) is 0.868. The molecule has 0 saturated carbocycles. The van der Waals surface area contributed by atoms with E-state index in [4.69, 9.17) is 0 Å². The summed E-state index contributed by atoms with van der Waals surface area (Å²) in [7, 11) is 0. The summed E-state index contributed by atoms with van der Waals surface area (Å²) in [6.45, 7) is 4.02. The van der Waals surface area contributed by atoms with Crippen LogP contribution >= 0.6 is 11.3 Å². The maximum atomic E-state index is 13.3. The molecule has 1 atom stereocenters. The van der Waals surface area contributed by atoms with Crippen LogP contribution in [0.3, 0.4) is 0 Å². The lowest BCUT2D eigenvalue weighted by Crippen LogP contribution is -2.40. The Labute approximate surface area is 146 Å². The van der Waals surface area contributed by atoms with Gasteiger partial charge in [-0.15, -0.1) is 11.3 Å². The first-order chi connectivity index (χ1) is 11.6. The van der Waals surface area contributed by atoms with Gasteiger partial charge in [-0.3, -0.25) is 9.69 Å². The van der Waals surface area contributed by atoms with Crippen molar-refractivity contribution in [1.29, 1.82) is 0 Å². The Morgan fingerprint density at radius 2 is 2.29 bits per heavy atom. The van der Waals surface area contributed by atoms with E-state index in [0.29, 0.717) is 19.1 Å². The van der Waals surface area contributed by atoms with Crippen molar-refractivity contribution < 1.29 is 9.18 Å². The van der Waals surface area contributed by atoms with Crippen LogP contribution < -0.4 is 5.32 Å². The molecule has 1 fully saturated rings. The minimum absolute atomic E-state index is 0.0638. The number of halogens is 1. The fourth-order valence-electron chi connectivity index (χ4n) is 3.27. The molecule has 5 heteroatoms. The number of amides is 1. The number of hydrogen-bond donors (Lipinski definition) is 1. The molecular formula is C19H23FN2OS. The largest absolute Gasteiger partial charge is 0.350 e. The molecular weight excluding hydrogens is 323 g/mol. The van der Waals surface area contributed by atoms with Gasteiger partial charge in [-0.2, -0.15) is 0 Å². The SMILES string of the molecule is Cc1ccsc1CNC(=O)CN1CCCC1Cc1cccc(F)c1. The van der Waals surface area contributed by atoms with E-state index in [2.05, 4.69) is 23.2 Å². The number of carbonyl (C=O) groups is 1. The van der Waals surface area contributed by atoms with E-state index in [1.54, 1.807) is 23.5 Å². The second kappa shape index (κ2) is 7.90. The number of carbonyl (C=O) groups excluding carboxylic acids is 1. The first kappa shape index (κ1) is 17.1. The van der Waals surface area contributed by atoms with Gasteiger partial charge in [0.2, 0.25) is 5.91 Å². The van der Waals surface area contributed by atoms with Crippen molar-refractivity contribution in [2.24, 2.45) is 0 Å². The van der Waals surface area contributed by atoms with E-state index in [9.17, 15) is 9.18 Å². The fraction of sp³-hybridized carbons (Fsp3) is 0.421. The molecule has 3 nitrogen and oxygen atoms in total. The highest BCUT2D eigenvalue weighted by Crippen LogP contribution is 2.21. The summed E-state index contributed by atoms with van der Waals surface area (Å²) in [5, 5.41) is 5.06. The number of nitrogens with zero attached hydrogens (tertiary/aromatic N) is 1. The third-order valence-corrected chi connectivity index (χ3v) is 5.64. The lowest BCUT2D eigenvalue weighted by Gasteiger charge is -2.24. The molecule has 1 N–H and O–H groups in total. The molecule has 1 aliphatic rings. The Morgan fingerprint density at radius 1 is 1.42 bits per heavy atom.